The van der Waals surface area contributed by atoms with Crippen molar-refractivity contribution in [1.82, 2.24) is 9.97 Å². The highest BCUT2D eigenvalue weighted by molar-refractivity contribution is 5.63. The largest absolute Gasteiger partial charge is 0.489 e. The number of benzene rings is 2. The molecule has 3 rings (SSSR count). The average Bonchev–Trinajstić information content (AvgIpc) is 2.68. The standard InChI is InChI=1S/C22H26N4O/c1-17(2)27-20-13-7-6-12-19(20)25-22-24-16-14-21(26-22)23-15-8-11-18-9-4-3-5-10-18/h3-7,9-10,12-14,16-17H,8,11,15H2,1-2H3,(H2,23,24,25,26). The second kappa shape index (κ2) is 9.57. The lowest BCUT2D eigenvalue weighted by Crippen LogP contribution is -2.09. The Bertz CT molecular complexity index is 836. The van der Waals surface area contributed by atoms with Crippen LogP contribution < -0.4 is 15.4 Å². The number of nitrogens with one attached hydrogen (secondary N) is 2. The number of nitrogens with zero attached hydrogens (tertiary/aromatic N) is 2. The lowest BCUT2D eigenvalue weighted by atomic mass is 10.1. The molecule has 5 nitrogen and oxygen atoms in total. The second-order valence-electron chi connectivity index (χ2n) is 6.57. The molecule has 27 heavy (non-hydrogen) atoms. The van der Waals surface area contributed by atoms with Crippen LogP contribution in [-0.2, 0) is 6.42 Å². The monoisotopic (exact) mass is 362 g/mol. The summed E-state index contributed by atoms with van der Waals surface area (Å²) in [5, 5.41) is 6.61. The number of hydrogen-bond donors (Lipinski definition) is 2. The van der Waals surface area contributed by atoms with E-state index in [1.54, 1.807) is 6.20 Å². The van der Waals surface area contributed by atoms with E-state index in [2.05, 4.69) is 44.9 Å². The van der Waals surface area contributed by atoms with Crippen molar-refractivity contribution in [2.45, 2.75) is 32.8 Å². The molecule has 0 unspecified atom stereocenters. The molecule has 0 amide bonds. The quantitative estimate of drug-likeness (QED) is 0.522. The van der Waals surface area contributed by atoms with Crippen LogP contribution in [0.15, 0.2) is 66.9 Å². The van der Waals surface area contributed by atoms with Gasteiger partial charge in [0.2, 0.25) is 5.95 Å². The number of anilines is 3. The Labute approximate surface area is 160 Å². The molecular formula is C22H26N4O. The van der Waals surface area contributed by atoms with E-state index in [9.17, 15) is 0 Å². The molecule has 1 aromatic heterocycles. The van der Waals surface area contributed by atoms with E-state index in [1.165, 1.54) is 5.56 Å². The van der Waals surface area contributed by atoms with Crippen molar-refractivity contribution in [2.75, 3.05) is 17.2 Å². The zero-order valence-corrected chi connectivity index (χ0v) is 15.9. The molecular weight excluding hydrogens is 336 g/mol. The number of hydrogen-bond acceptors (Lipinski definition) is 5. The van der Waals surface area contributed by atoms with E-state index in [4.69, 9.17) is 4.74 Å². The molecule has 0 aliphatic carbocycles. The normalized spacial score (nSPS) is 10.6. The predicted octanol–water partition coefficient (Wildman–Crippen LogP) is 5.05. The number of rotatable bonds is 9. The first-order valence-electron chi connectivity index (χ1n) is 9.34. The Morgan fingerprint density at radius 1 is 0.963 bits per heavy atom. The van der Waals surface area contributed by atoms with Gasteiger partial charge in [-0.2, -0.15) is 4.98 Å². The summed E-state index contributed by atoms with van der Waals surface area (Å²) in [6.07, 6.45) is 3.94. The first kappa shape index (κ1) is 18.7. The maximum Gasteiger partial charge on any atom is 0.229 e. The zero-order valence-electron chi connectivity index (χ0n) is 15.9. The smallest absolute Gasteiger partial charge is 0.229 e. The van der Waals surface area contributed by atoms with E-state index in [0.717, 1.165) is 36.6 Å². The molecule has 0 aliphatic heterocycles. The van der Waals surface area contributed by atoms with Crippen LogP contribution in [0, 0.1) is 0 Å². The minimum Gasteiger partial charge on any atom is -0.489 e. The van der Waals surface area contributed by atoms with E-state index < -0.39 is 0 Å². The number of aryl methyl sites for hydroxylation is 1. The van der Waals surface area contributed by atoms with Crippen molar-refractivity contribution in [3.8, 4) is 5.75 Å². The van der Waals surface area contributed by atoms with Gasteiger partial charge < -0.3 is 15.4 Å². The van der Waals surface area contributed by atoms with Gasteiger partial charge in [-0.1, -0.05) is 42.5 Å². The van der Waals surface area contributed by atoms with Gasteiger partial charge in [0.1, 0.15) is 11.6 Å². The second-order valence-corrected chi connectivity index (χ2v) is 6.57. The predicted molar refractivity (Wildman–Crippen MR) is 111 cm³/mol. The van der Waals surface area contributed by atoms with Crippen LogP contribution in [0.3, 0.4) is 0 Å². The Kier molecular flexibility index (Phi) is 6.63. The highest BCUT2D eigenvalue weighted by atomic mass is 16.5. The summed E-state index contributed by atoms with van der Waals surface area (Å²) in [6, 6.07) is 20.2. The van der Waals surface area contributed by atoms with Crippen molar-refractivity contribution in [2.24, 2.45) is 0 Å². The molecule has 0 atom stereocenters. The molecule has 140 valence electrons. The third-order valence-corrected chi connectivity index (χ3v) is 3.94. The summed E-state index contributed by atoms with van der Waals surface area (Å²) in [5.41, 5.74) is 2.21. The third-order valence-electron chi connectivity index (χ3n) is 3.94. The molecule has 0 bridgehead atoms. The lowest BCUT2D eigenvalue weighted by Gasteiger charge is -2.15. The van der Waals surface area contributed by atoms with Gasteiger partial charge in [0, 0.05) is 12.7 Å². The fourth-order valence-electron chi connectivity index (χ4n) is 2.72. The van der Waals surface area contributed by atoms with E-state index >= 15 is 0 Å². The fraction of sp³-hybridized carbons (Fsp3) is 0.273. The molecule has 2 N–H and O–H groups in total. The first-order chi connectivity index (χ1) is 13.2. The summed E-state index contributed by atoms with van der Waals surface area (Å²) in [4.78, 5) is 8.86. The molecule has 0 saturated carbocycles. The molecule has 2 aromatic carbocycles. The van der Waals surface area contributed by atoms with Crippen LogP contribution in [0.1, 0.15) is 25.8 Å². The van der Waals surface area contributed by atoms with Crippen LogP contribution in [0.25, 0.3) is 0 Å². The molecule has 3 aromatic rings. The molecule has 1 heterocycles. The lowest BCUT2D eigenvalue weighted by molar-refractivity contribution is 0.244. The van der Waals surface area contributed by atoms with Gasteiger partial charge in [-0.15, -0.1) is 0 Å². The summed E-state index contributed by atoms with van der Waals surface area (Å²) in [6.45, 7) is 4.87. The minimum atomic E-state index is 0.103. The van der Waals surface area contributed by atoms with E-state index in [0.29, 0.717) is 5.95 Å². The van der Waals surface area contributed by atoms with Gasteiger partial charge in [-0.05, 0) is 50.5 Å². The molecule has 0 aliphatic rings. The Morgan fingerprint density at radius 2 is 1.74 bits per heavy atom. The Hall–Kier alpha value is -3.08. The maximum absolute atomic E-state index is 5.84. The number of para-hydroxylation sites is 2. The molecule has 5 heteroatoms. The van der Waals surface area contributed by atoms with Crippen molar-refractivity contribution in [3.63, 3.8) is 0 Å². The maximum atomic E-state index is 5.84. The number of aromatic nitrogens is 2. The minimum absolute atomic E-state index is 0.103. The topological polar surface area (TPSA) is 59.1 Å². The van der Waals surface area contributed by atoms with Crippen LogP contribution in [0.2, 0.25) is 0 Å². The van der Waals surface area contributed by atoms with Gasteiger partial charge in [-0.25, -0.2) is 4.98 Å². The highest BCUT2D eigenvalue weighted by Gasteiger charge is 2.07. The van der Waals surface area contributed by atoms with Crippen molar-refractivity contribution in [1.29, 1.82) is 0 Å². The summed E-state index contributed by atoms with van der Waals surface area (Å²) in [7, 11) is 0. The molecule has 0 saturated heterocycles. The average molecular weight is 362 g/mol. The third kappa shape index (κ3) is 5.99. The SMILES string of the molecule is CC(C)Oc1ccccc1Nc1nccc(NCCCc2ccccc2)n1. The van der Waals surface area contributed by atoms with Crippen molar-refractivity contribution < 1.29 is 4.74 Å². The van der Waals surface area contributed by atoms with Crippen LogP contribution >= 0.6 is 0 Å². The molecule has 0 fully saturated rings. The van der Waals surface area contributed by atoms with Gasteiger partial charge in [0.25, 0.3) is 0 Å². The van der Waals surface area contributed by atoms with Gasteiger partial charge in [0.15, 0.2) is 0 Å². The van der Waals surface area contributed by atoms with E-state index in [-0.39, 0.29) is 6.10 Å². The van der Waals surface area contributed by atoms with Gasteiger partial charge in [0.05, 0.1) is 11.8 Å². The first-order valence-corrected chi connectivity index (χ1v) is 9.34. The van der Waals surface area contributed by atoms with Crippen LogP contribution in [0.5, 0.6) is 5.75 Å². The summed E-state index contributed by atoms with van der Waals surface area (Å²) < 4.78 is 5.84. The molecule has 0 radical (unpaired) electrons. The van der Waals surface area contributed by atoms with Gasteiger partial charge in [-0.3, -0.25) is 0 Å². The Balaban J connectivity index is 1.56. The fourth-order valence-corrected chi connectivity index (χ4v) is 2.72. The van der Waals surface area contributed by atoms with Crippen molar-refractivity contribution in [3.05, 3.63) is 72.4 Å². The number of ether oxygens (including phenoxy) is 1. The van der Waals surface area contributed by atoms with Crippen molar-refractivity contribution >= 4 is 17.5 Å². The van der Waals surface area contributed by atoms with Crippen LogP contribution in [0.4, 0.5) is 17.5 Å². The highest BCUT2D eigenvalue weighted by Crippen LogP contribution is 2.27. The molecule has 0 spiro atoms. The Morgan fingerprint density at radius 3 is 2.56 bits per heavy atom. The van der Waals surface area contributed by atoms with Gasteiger partial charge >= 0.3 is 0 Å². The summed E-state index contributed by atoms with van der Waals surface area (Å²) in [5.74, 6) is 2.14. The zero-order chi connectivity index (χ0) is 18.9. The van der Waals surface area contributed by atoms with E-state index in [1.807, 2.05) is 50.2 Å². The summed E-state index contributed by atoms with van der Waals surface area (Å²) >= 11 is 0. The van der Waals surface area contributed by atoms with Crippen LogP contribution in [-0.4, -0.2) is 22.6 Å².